The van der Waals surface area contributed by atoms with E-state index in [0.29, 0.717) is 42.4 Å². The van der Waals surface area contributed by atoms with Crippen molar-refractivity contribution in [1.29, 1.82) is 0 Å². The summed E-state index contributed by atoms with van der Waals surface area (Å²) in [5.74, 6) is -5.26. The molecule has 2 aromatic carbocycles. The van der Waals surface area contributed by atoms with Gasteiger partial charge < -0.3 is 14.6 Å². The van der Waals surface area contributed by atoms with Crippen LogP contribution in [0.4, 0.5) is 24.9 Å². The summed E-state index contributed by atoms with van der Waals surface area (Å²) in [6, 6.07) is 12.7. The molecular formula is C29H27F3N6O5. The number of aryl methyl sites for hydroxylation is 1. The SMILES string of the molecule is Cc1cn(CC(Cc2ccc3ccccc3c2)C(=O)OC(=O)C(F)(F)F)c(=O)nc1N1CCC(C(=O)Nc2ncc[nH]2)C1. The van der Waals surface area contributed by atoms with Crippen molar-refractivity contribution in [2.45, 2.75) is 32.5 Å². The molecule has 2 atom stereocenters. The number of carbonyl (C=O) groups excluding carboxylic acids is 3. The van der Waals surface area contributed by atoms with Crippen LogP contribution in [0.1, 0.15) is 17.5 Å². The number of fused-ring (bicyclic) bond motifs is 1. The van der Waals surface area contributed by atoms with Gasteiger partial charge in [0, 0.05) is 43.8 Å². The van der Waals surface area contributed by atoms with E-state index in [0.717, 1.165) is 15.3 Å². The maximum absolute atomic E-state index is 13.1. The molecular weight excluding hydrogens is 569 g/mol. The Labute approximate surface area is 242 Å². The Morgan fingerprint density at radius 3 is 2.65 bits per heavy atom. The Kier molecular flexibility index (Phi) is 8.28. The van der Waals surface area contributed by atoms with Gasteiger partial charge in [0.2, 0.25) is 11.9 Å². The van der Waals surface area contributed by atoms with Gasteiger partial charge in [0.1, 0.15) is 5.82 Å². The molecule has 224 valence electrons. The lowest BCUT2D eigenvalue weighted by molar-refractivity contribution is -0.203. The van der Waals surface area contributed by atoms with Crippen molar-refractivity contribution in [3.05, 3.63) is 82.7 Å². The molecule has 11 nitrogen and oxygen atoms in total. The fraction of sp³-hybridized carbons (Fsp3) is 0.310. The molecule has 0 radical (unpaired) electrons. The highest BCUT2D eigenvalue weighted by Gasteiger charge is 2.43. The predicted molar refractivity (Wildman–Crippen MR) is 149 cm³/mol. The molecule has 3 heterocycles. The lowest BCUT2D eigenvalue weighted by Gasteiger charge is -2.21. The molecule has 0 bridgehead atoms. The van der Waals surface area contributed by atoms with Crippen LogP contribution in [0.25, 0.3) is 10.8 Å². The first-order valence-electron chi connectivity index (χ1n) is 13.4. The molecule has 4 aromatic rings. The zero-order valence-corrected chi connectivity index (χ0v) is 22.9. The number of esters is 2. The molecule has 1 aliphatic heterocycles. The fourth-order valence-corrected chi connectivity index (χ4v) is 5.10. The molecule has 0 saturated carbocycles. The van der Waals surface area contributed by atoms with Gasteiger partial charge in [-0.2, -0.15) is 18.2 Å². The van der Waals surface area contributed by atoms with Crippen LogP contribution in [0.2, 0.25) is 0 Å². The van der Waals surface area contributed by atoms with Crippen LogP contribution in [0.5, 0.6) is 0 Å². The number of aromatic nitrogens is 4. The number of benzene rings is 2. The standard InChI is InChI=1S/C29H27F3N6O5/c1-17-14-38(28(42)35-23(17)37-11-8-21(15-37)24(39)36-27-33-9-10-34-27)16-22(25(40)43-26(41)29(30,31)32)13-18-6-7-19-4-2-3-5-20(19)12-18/h2-7,9-10,12,14,21-22H,8,11,13,15-16H2,1H3,(H2,33,34,36,39). The third-order valence-electron chi connectivity index (χ3n) is 7.22. The number of nitrogens with zero attached hydrogens (tertiary/aromatic N) is 4. The van der Waals surface area contributed by atoms with Crippen molar-refractivity contribution < 1.29 is 32.3 Å². The average Bonchev–Trinajstić information content (AvgIpc) is 3.66. The van der Waals surface area contributed by atoms with E-state index in [9.17, 15) is 32.3 Å². The number of amides is 1. The predicted octanol–water partition coefficient (Wildman–Crippen LogP) is 3.38. The second-order valence-electron chi connectivity index (χ2n) is 10.3. The Morgan fingerprint density at radius 1 is 1.16 bits per heavy atom. The molecule has 1 saturated heterocycles. The topological polar surface area (TPSA) is 139 Å². The quantitative estimate of drug-likeness (QED) is 0.233. The van der Waals surface area contributed by atoms with Gasteiger partial charge >= 0.3 is 23.8 Å². The van der Waals surface area contributed by atoms with Gasteiger partial charge in [0.25, 0.3) is 0 Å². The molecule has 43 heavy (non-hydrogen) atoms. The first-order valence-corrected chi connectivity index (χ1v) is 13.4. The number of halogens is 3. The summed E-state index contributed by atoms with van der Waals surface area (Å²) in [6.45, 7) is 2.08. The molecule has 1 aliphatic rings. The minimum atomic E-state index is -5.36. The number of ether oxygens (including phenoxy) is 1. The lowest BCUT2D eigenvalue weighted by atomic mass is 9.97. The van der Waals surface area contributed by atoms with Crippen LogP contribution in [-0.4, -0.2) is 56.6 Å². The molecule has 2 aromatic heterocycles. The smallest absolute Gasteiger partial charge is 0.386 e. The molecule has 2 N–H and O–H groups in total. The highest BCUT2D eigenvalue weighted by atomic mass is 19.4. The number of rotatable bonds is 8. The summed E-state index contributed by atoms with van der Waals surface area (Å²) in [5.41, 5.74) is 0.406. The van der Waals surface area contributed by atoms with Crippen LogP contribution in [-0.2, 0) is 32.1 Å². The Hall–Kier alpha value is -5.01. The Balaban J connectivity index is 1.35. The third-order valence-corrected chi connectivity index (χ3v) is 7.22. The van der Waals surface area contributed by atoms with E-state index in [1.165, 1.54) is 12.4 Å². The van der Waals surface area contributed by atoms with E-state index in [1.807, 2.05) is 24.3 Å². The first kappa shape index (κ1) is 29.5. The van der Waals surface area contributed by atoms with Gasteiger partial charge in [-0.25, -0.2) is 14.6 Å². The summed E-state index contributed by atoms with van der Waals surface area (Å²) in [5, 5.41) is 4.47. The van der Waals surface area contributed by atoms with Crippen molar-refractivity contribution in [3.8, 4) is 0 Å². The Morgan fingerprint density at radius 2 is 1.93 bits per heavy atom. The summed E-state index contributed by atoms with van der Waals surface area (Å²) in [6.07, 6.45) is -0.391. The third kappa shape index (κ3) is 6.90. The van der Waals surface area contributed by atoms with Gasteiger partial charge in [-0.15, -0.1) is 0 Å². The van der Waals surface area contributed by atoms with Crippen LogP contribution < -0.4 is 15.9 Å². The summed E-state index contributed by atoms with van der Waals surface area (Å²) in [7, 11) is 0. The molecule has 2 unspecified atom stereocenters. The van der Waals surface area contributed by atoms with E-state index >= 15 is 0 Å². The number of hydrogen-bond acceptors (Lipinski definition) is 8. The van der Waals surface area contributed by atoms with Crippen LogP contribution in [0, 0.1) is 18.8 Å². The van der Waals surface area contributed by atoms with Gasteiger partial charge in [0.15, 0.2) is 0 Å². The van der Waals surface area contributed by atoms with Gasteiger partial charge in [-0.05, 0) is 36.1 Å². The number of anilines is 2. The van der Waals surface area contributed by atoms with Crippen LogP contribution in [0.3, 0.4) is 0 Å². The molecule has 1 fully saturated rings. The normalized spacial score (nSPS) is 15.8. The number of alkyl halides is 3. The summed E-state index contributed by atoms with van der Waals surface area (Å²) in [4.78, 5) is 62.7. The molecule has 0 aliphatic carbocycles. The highest BCUT2D eigenvalue weighted by Crippen LogP contribution is 2.26. The highest BCUT2D eigenvalue weighted by molar-refractivity contribution is 5.92. The lowest BCUT2D eigenvalue weighted by Crippen LogP contribution is -2.36. The van der Waals surface area contributed by atoms with Crippen molar-refractivity contribution in [2.24, 2.45) is 11.8 Å². The van der Waals surface area contributed by atoms with Crippen LogP contribution in [0.15, 0.2) is 65.8 Å². The van der Waals surface area contributed by atoms with Crippen LogP contribution >= 0.6 is 0 Å². The maximum Gasteiger partial charge on any atom is 0.491 e. The zero-order chi connectivity index (χ0) is 30.7. The average molecular weight is 597 g/mol. The number of aromatic amines is 1. The van der Waals surface area contributed by atoms with Crippen molar-refractivity contribution in [3.63, 3.8) is 0 Å². The summed E-state index contributed by atoms with van der Waals surface area (Å²) < 4.78 is 43.8. The van der Waals surface area contributed by atoms with Gasteiger partial charge in [0.05, 0.1) is 11.8 Å². The van der Waals surface area contributed by atoms with E-state index in [4.69, 9.17) is 0 Å². The number of imidazole rings is 1. The first-order chi connectivity index (χ1) is 20.5. The number of nitrogens with one attached hydrogen (secondary N) is 2. The minimum Gasteiger partial charge on any atom is -0.386 e. The minimum absolute atomic E-state index is 0.0966. The van der Waals surface area contributed by atoms with E-state index < -0.39 is 29.7 Å². The molecule has 14 heteroatoms. The molecule has 1 amide bonds. The van der Waals surface area contributed by atoms with E-state index in [2.05, 4.69) is 25.0 Å². The van der Waals surface area contributed by atoms with E-state index in [1.54, 1.807) is 36.2 Å². The van der Waals surface area contributed by atoms with Gasteiger partial charge in [-0.3, -0.25) is 19.5 Å². The number of carbonyl (C=O) groups is 3. The maximum atomic E-state index is 13.1. The number of H-pyrrole nitrogens is 1. The molecule has 5 rings (SSSR count). The van der Waals surface area contributed by atoms with Crippen molar-refractivity contribution >= 4 is 40.4 Å². The van der Waals surface area contributed by atoms with E-state index in [-0.39, 0.29) is 24.8 Å². The monoisotopic (exact) mass is 596 g/mol. The largest absolute Gasteiger partial charge is 0.491 e. The zero-order valence-electron chi connectivity index (χ0n) is 22.9. The second-order valence-corrected chi connectivity index (χ2v) is 10.3. The van der Waals surface area contributed by atoms with Crippen molar-refractivity contribution in [2.75, 3.05) is 23.3 Å². The Bertz CT molecular complexity index is 1720. The number of hydrogen-bond donors (Lipinski definition) is 2. The van der Waals surface area contributed by atoms with Gasteiger partial charge in [-0.1, -0.05) is 42.5 Å². The fourth-order valence-electron chi connectivity index (χ4n) is 5.10. The summed E-state index contributed by atoms with van der Waals surface area (Å²) >= 11 is 0. The second kappa shape index (κ2) is 12.1. The van der Waals surface area contributed by atoms with Crippen molar-refractivity contribution in [1.82, 2.24) is 19.5 Å². The molecule has 0 spiro atoms.